The summed E-state index contributed by atoms with van der Waals surface area (Å²) in [4.78, 5) is 0. The second-order valence-electron chi connectivity index (χ2n) is 4.31. The zero-order chi connectivity index (χ0) is 14.2. The van der Waals surface area contributed by atoms with Crippen molar-refractivity contribution in [1.29, 1.82) is 0 Å². The summed E-state index contributed by atoms with van der Waals surface area (Å²) in [6.07, 6.45) is 0. The van der Waals surface area contributed by atoms with Gasteiger partial charge in [-0.1, -0.05) is 12.1 Å². The number of fused-ring (bicyclic) bond motifs is 2. The van der Waals surface area contributed by atoms with Crippen molar-refractivity contribution in [3.8, 4) is 0 Å². The molecule has 0 aliphatic carbocycles. The molecule has 0 aromatic heterocycles. The molecule has 0 bridgehead atoms. The van der Waals surface area contributed by atoms with E-state index in [1.54, 1.807) is 0 Å². The first-order chi connectivity index (χ1) is 9.93. The fourth-order valence-electron chi connectivity index (χ4n) is 2.14. The van der Waals surface area contributed by atoms with E-state index >= 15 is 0 Å². The molecule has 0 heterocycles. The van der Waals surface area contributed by atoms with E-state index in [4.69, 9.17) is 0 Å². The van der Waals surface area contributed by atoms with E-state index < -0.39 is 0 Å². The Labute approximate surface area is 160 Å². The summed E-state index contributed by atoms with van der Waals surface area (Å²) >= 11 is 0. The number of rotatable bonds is 0. The van der Waals surface area contributed by atoms with Gasteiger partial charge in [-0.15, -0.1) is 72.5 Å². The molecule has 0 saturated heterocycles. The van der Waals surface area contributed by atoms with Crippen LogP contribution in [0.15, 0.2) is 98.1 Å². The van der Waals surface area contributed by atoms with Crippen molar-refractivity contribution in [2.75, 3.05) is 0 Å². The minimum absolute atomic E-state index is 0. The van der Waals surface area contributed by atoms with E-state index in [9.17, 15) is 0 Å². The summed E-state index contributed by atoms with van der Waals surface area (Å²) in [7, 11) is 0. The van der Waals surface area contributed by atoms with Crippen LogP contribution < -0.4 is 0 Å². The Bertz CT molecular complexity index is 635. The molecule has 0 unspecified atom stereocenters. The third-order valence-electron chi connectivity index (χ3n) is 3.10. The smallest absolute Gasteiger partial charge is 0.358 e. The van der Waals surface area contributed by atoms with E-state index in [-0.39, 0.29) is 40.7 Å². The first-order valence-corrected chi connectivity index (χ1v) is 6.64. The molecule has 0 nitrogen and oxygen atoms in total. The van der Waals surface area contributed by atoms with Crippen LogP contribution in [0.5, 0.6) is 0 Å². The van der Waals surface area contributed by atoms with Crippen molar-refractivity contribution in [1.82, 2.24) is 0 Å². The molecule has 4 aromatic carbocycles. The van der Waals surface area contributed by atoms with Crippen LogP contribution in [-0.4, -0.2) is 0 Å². The van der Waals surface area contributed by atoms with Gasteiger partial charge in [0.05, 0.1) is 0 Å². The Morgan fingerprint density at radius 3 is 1.26 bits per heavy atom. The summed E-state index contributed by atoms with van der Waals surface area (Å²) in [6, 6.07) is 29.3. The first kappa shape index (κ1) is 23.5. The molecular formula is C22H24Hf. The Kier molecular flexibility index (Phi) is 13.1. The van der Waals surface area contributed by atoms with Crippen molar-refractivity contribution in [3.05, 3.63) is 113 Å². The predicted octanol–water partition coefficient (Wildman–Crippen LogP) is 6.82. The molecule has 0 radical (unpaired) electrons. The van der Waals surface area contributed by atoms with Crippen LogP contribution in [0.2, 0.25) is 0 Å². The molecule has 0 N–H and O–H groups in total. The van der Waals surface area contributed by atoms with Crippen LogP contribution in [-0.2, 0) is 25.8 Å². The number of benzene rings is 2. The molecule has 23 heavy (non-hydrogen) atoms. The SMILES string of the molecule is C=C.[CH3-].[CH3-].[Hf+4].c1ccc2[cH-]ccc2c1.c1ccc2[cH-]ccc2c1. The fraction of sp³-hybridized carbons (Fsp3) is 0. The number of hydrogen-bond acceptors (Lipinski definition) is 0. The van der Waals surface area contributed by atoms with Gasteiger partial charge in [-0.3, -0.25) is 0 Å². The molecule has 0 aliphatic rings. The van der Waals surface area contributed by atoms with Gasteiger partial charge in [-0.05, 0) is 0 Å². The Morgan fingerprint density at radius 2 is 0.913 bits per heavy atom. The van der Waals surface area contributed by atoms with Crippen LogP contribution in [0.4, 0.5) is 0 Å². The molecule has 1 heteroatoms. The molecule has 0 atom stereocenters. The van der Waals surface area contributed by atoms with Crippen LogP contribution in [0.25, 0.3) is 21.5 Å². The quantitative estimate of drug-likeness (QED) is 0.151. The maximum absolute atomic E-state index is 3.00. The normalized spacial score (nSPS) is 8.17. The minimum atomic E-state index is 0. The Hall–Kier alpha value is -1.73. The predicted molar refractivity (Wildman–Crippen MR) is 103 cm³/mol. The van der Waals surface area contributed by atoms with Gasteiger partial charge in [0.25, 0.3) is 0 Å². The van der Waals surface area contributed by atoms with Gasteiger partial charge in [0.15, 0.2) is 0 Å². The third kappa shape index (κ3) is 6.50. The molecule has 116 valence electrons. The van der Waals surface area contributed by atoms with Crippen molar-refractivity contribution >= 4 is 21.5 Å². The standard InChI is InChI=1S/2C9H7.C2H4.2CH3.Hf/c2*1-2-5-9-7-3-6-8(9)4-1;1-2;;;/h2*1-7H;1-2H2;2*1H3;/q2*-1;;2*-1;+4. The fourth-order valence-corrected chi connectivity index (χ4v) is 2.14. The third-order valence-corrected chi connectivity index (χ3v) is 3.10. The van der Waals surface area contributed by atoms with Crippen molar-refractivity contribution < 1.29 is 25.8 Å². The average molecular weight is 467 g/mol. The second kappa shape index (κ2) is 12.8. The van der Waals surface area contributed by atoms with E-state index in [1.807, 2.05) is 0 Å². The van der Waals surface area contributed by atoms with Crippen LogP contribution in [0.1, 0.15) is 0 Å². The van der Waals surface area contributed by atoms with Gasteiger partial charge in [0.2, 0.25) is 0 Å². The number of hydrogen-bond donors (Lipinski definition) is 0. The maximum atomic E-state index is 3.00. The van der Waals surface area contributed by atoms with Crippen LogP contribution in [0.3, 0.4) is 0 Å². The zero-order valence-electron chi connectivity index (χ0n) is 14.0. The van der Waals surface area contributed by atoms with Gasteiger partial charge in [-0.25, -0.2) is 0 Å². The molecule has 0 fully saturated rings. The summed E-state index contributed by atoms with van der Waals surface area (Å²) in [5.74, 6) is 0. The van der Waals surface area contributed by atoms with Gasteiger partial charge < -0.3 is 14.9 Å². The topological polar surface area (TPSA) is 0 Å². The van der Waals surface area contributed by atoms with E-state index in [0.29, 0.717) is 0 Å². The van der Waals surface area contributed by atoms with E-state index in [1.165, 1.54) is 21.5 Å². The molecule has 4 rings (SSSR count). The average Bonchev–Trinajstić information content (AvgIpc) is 3.18. The molecule has 0 spiro atoms. The summed E-state index contributed by atoms with van der Waals surface area (Å²) in [5.41, 5.74) is 0. The van der Waals surface area contributed by atoms with Gasteiger partial charge >= 0.3 is 25.8 Å². The second-order valence-corrected chi connectivity index (χ2v) is 4.31. The zero-order valence-corrected chi connectivity index (χ0v) is 17.6. The van der Waals surface area contributed by atoms with E-state index in [0.717, 1.165) is 0 Å². The van der Waals surface area contributed by atoms with Gasteiger partial charge in [0, 0.05) is 0 Å². The largest absolute Gasteiger partial charge is 4.00 e. The molecule has 0 saturated carbocycles. The summed E-state index contributed by atoms with van der Waals surface area (Å²) < 4.78 is 0. The van der Waals surface area contributed by atoms with Crippen molar-refractivity contribution in [2.45, 2.75) is 0 Å². The van der Waals surface area contributed by atoms with Crippen LogP contribution in [0, 0.1) is 14.9 Å². The summed E-state index contributed by atoms with van der Waals surface area (Å²) in [5, 5.41) is 5.32. The molecule has 4 aromatic rings. The maximum Gasteiger partial charge on any atom is 4.00 e. The molecule has 0 amide bonds. The molecular weight excluding hydrogens is 443 g/mol. The van der Waals surface area contributed by atoms with E-state index in [2.05, 4.69) is 98.1 Å². The van der Waals surface area contributed by atoms with Crippen molar-refractivity contribution in [2.24, 2.45) is 0 Å². The van der Waals surface area contributed by atoms with Gasteiger partial charge in [-0.2, -0.15) is 35.0 Å². The first-order valence-electron chi connectivity index (χ1n) is 6.64. The van der Waals surface area contributed by atoms with Gasteiger partial charge in [0.1, 0.15) is 0 Å². The van der Waals surface area contributed by atoms with Crippen molar-refractivity contribution in [3.63, 3.8) is 0 Å². The Morgan fingerprint density at radius 1 is 0.565 bits per heavy atom. The summed E-state index contributed by atoms with van der Waals surface area (Å²) in [6.45, 7) is 6.00. The van der Waals surface area contributed by atoms with Crippen LogP contribution >= 0.6 is 0 Å². The molecule has 0 aliphatic heterocycles. The monoisotopic (exact) mass is 468 g/mol. The Balaban J connectivity index is 0. The minimum Gasteiger partial charge on any atom is -0.358 e.